The molecule has 0 saturated heterocycles. The SMILES string of the molecule is ClCC1(NCc2ccccc2)CC1. The normalized spacial score (nSPS) is 18.5. The van der Waals surface area contributed by atoms with Gasteiger partial charge in [-0.05, 0) is 18.4 Å². The summed E-state index contributed by atoms with van der Waals surface area (Å²) in [6.45, 7) is 0.938. The van der Waals surface area contributed by atoms with Crippen LogP contribution in [-0.4, -0.2) is 11.4 Å². The van der Waals surface area contributed by atoms with Crippen molar-refractivity contribution in [3.05, 3.63) is 35.9 Å². The molecule has 1 aromatic carbocycles. The number of benzene rings is 1. The van der Waals surface area contributed by atoms with Crippen molar-refractivity contribution in [3.8, 4) is 0 Å². The highest BCUT2D eigenvalue weighted by molar-refractivity contribution is 6.18. The van der Waals surface area contributed by atoms with Crippen molar-refractivity contribution >= 4 is 11.6 Å². The van der Waals surface area contributed by atoms with Crippen LogP contribution in [0.5, 0.6) is 0 Å². The van der Waals surface area contributed by atoms with Gasteiger partial charge in [-0.1, -0.05) is 30.3 Å². The van der Waals surface area contributed by atoms with Crippen molar-refractivity contribution in [2.24, 2.45) is 0 Å². The molecule has 2 heteroatoms. The van der Waals surface area contributed by atoms with E-state index in [9.17, 15) is 0 Å². The summed E-state index contributed by atoms with van der Waals surface area (Å²) < 4.78 is 0. The Bertz CT molecular complexity index is 267. The van der Waals surface area contributed by atoms with Crippen LogP contribution in [0, 0.1) is 0 Å². The highest BCUT2D eigenvalue weighted by Crippen LogP contribution is 2.36. The molecule has 0 amide bonds. The highest BCUT2D eigenvalue weighted by atomic mass is 35.5. The van der Waals surface area contributed by atoms with E-state index in [1.807, 2.05) is 6.07 Å². The Balaban J connectivity index is 1.86. The Morgan fingerprint density at radius 1 is 1.23 bits per heavy atom. The number of nitrogens with one attached hydrogen (secondary N) is 1. The van der Waals surface area contributed by atoms with Gasteiger partial charge < -0.3 is 5.32 Å². The minimum atomic E-state index is 0.261. The maximum absolute atomic E-state index is 5.86. The maximum atomic E-state index is 5.86. The summed E-state index contributed by atoms with van der Waals surface area (Å²) in [4.78, 5) is 0. The molecular formula is C11H14ClN. The van der Waals surface area contributed by atoms with Crippen LogP contribution in [0.15, 0.2) is 30.3 Å². The number of alkyl halides is 1. The second kappa shape index (κ2) is 3.69. The van der Waals surface area contributed by atoms with E-state index >= 15 is 0 Å². The van der Waals surface area contributed by atoms with E-state index < -0.39 is 0 Å². The van der Waals surface area contributed by atoms with Crippen molar-refractivity contribution < 1.29 is 0 Å². The largest absolute Gasteiger partial charge is 0.306 e. The summed E-state index contributed by atoms with van der Waals surface area (Å²) in [5, 5.41) is 3.50. The number of hydrogen-bond acceptors (Lipinski definition) is 1. The zero-order valence-corrected chi connectivity index (χ0v) is 8.35. The van der Waals surface area contributed by atoms with Gasteiger partial charge in [-0.15, -0.1) is 11.6 Å². The van der Waals surface area contributed by atoms with Gasteiger partial charge in [0.25, 0.3) is 0 Å². The molecule has 13 heavy (non-hydrogen) atoms. The van der Waals surface area contributed by atoms with Gasteiger partial charge in [0.2, 0.25) is 0 Å². The number of hydrogen-bond donors (Lipinski definition) is 1. The van der Waals surface area contributed by atoms with E-state index in [1.165, 1.54) is 18.4 Å². The average Bonchev–Trinajstić information content (AvgIpc) is 2.97. The first-order valence-electron chi connectivity index (χ1n) is 4.70. The molecule has 1 nitrogen and oxygen atoms in total. The summed E-state index contributed by atoms with van der Waals surface area (Å²) >= 11 is 5.86. The first kappa shape index (κ1) is 9.04. The lowest BCUT2D eigenvalue weighted by Gasteiger charge is -2.13. The zero-order valence-electron chi connectivity index (χ0n) is 7.59. The third-order valence-electron chi connectivity index (χ3n) is 2.62. The molecule has 1 aliphatic rings. The van der Waals surface area contributed by atoms with Crippen LogP contribution >= 0.6 is 11.6 Å². The second-order valence-corrected chi connectivity index (χ2v) is 4.02. The van der Waals surface area contributed by atoms with Gasteiger partial charge in [-0.3, -0.25) is 0 Å². The van der Waals surface area contributed by atoms with E-state index in [0.29, 0.717) is 0 Å². The van der Waals surface area contributed by atoms with Crippen LogP contribution in [0.25, 0.3) is 0 Å². The Morgan fingerprint density at radius 3 is 2.46 bits per heavy atom. The molecular weight excluding hydrogens is 182 g/mol. The van der Waals surface area contributed by atoms with E-state index in [-0.39, 0.29) is 5.54 Å². The predicted molar refractivity (Wildman–Crippen MR) is 56.0 cm³/mol. The van der Waals surface area contributed by atoms with Crippen molar-refractivity contribution in [3.63, 3.8) is 0 Å². The number of rotatable bonds is 4. The molecule has 1 aromatic rings. The molecule has 0 aliphatic heterocycles. The molecule has 1 saturated carbocycles. The topological polar surface area (TPSA) is 12.0 Å². The van der Waals surface area contributed by atoms with Crippen LogP contribution in [-0.2, 0) is 6.54 Å². The summed E-state index contributed by atoms with van der Waals surface area (Å²) in [7, 11) is 0. The van der Waals surface area contributed by atoms with Gasteiger partial charge in [-0.25, -0.2) is 0 Å². The van der Waals surface area contributed by atoms with Crippen LogP contribution in [0.3, 0.4) is 0 Å². The minimum Gasteiger partial charge on any atom is -0.306 e. The van der Waals surface area contributed by atoms with Crippen molar-refractivity contribution in [2.75, 3.05) is 5.88 Å². The van der Waals surface area contributed by atoms with E-state index in [2.05, 4.69) is 29.6 Å². The second-order valence-electron chi connectivity index (χ2n) is 3.75. The first-order valence-corrected chi connectivity index (χ1v) is 5.23. The fourth-order valence-electron chi connectivity index (χ4n) is 1.39. The molecule has 0 unspecified atom stereocenters. The van der Waals surface area contributed by atoms with Gasteiger partial charge in [0.05, 0.1) is 0 Å². The lowest BCUT2D eigenvalue weighted by molar-refractivity contribution is 0.543. The van der Waals surface area contributed by atoms with Gasteiger partial charge in [-0.2, -0.15) is 0 Å². The van der Waals surface area contributed by atoms with E-state index in [4.69, 9.17) is 11.6 Å². The highest BCUT2D eigenvalue weighted by Gasteiger charge is 2.40. The fourth-order valence-corrected chi connectivity index (χ4v) is 1.76. The molecule has 0 spiro atoms. The molecule has 1 aliphatic carbocycles. The molecule has 1 N–H and O–H groups in total. The van der Waals surface area contributed by atoms with Crippen molar-refractivity contribution in [1.82, 2.24) is 5.32 Å². The molecule has 0 aromatic heterocycles. The van der Waals surface area contributed by atoms with Gasteiger partial charge >= 0.3 is 0 Å². The Kier molecular flexibility index (Phi) is 2.56. The molecule has 0 atom stereocenters. The summed E-state index contributed by atoms with van der Waals surface area (Å²) in [5.74, 6) is 0.736. The smallest absolute Gasteiger partial charge is 0.0406 e. The predicted octanol–water partition coefficient (Wildman–Crippen LogP) is 2.55. The van der Waals surface area contributed by atoms with Crippen LogP contribution < -0.4 is 5.32 Å². The Hall–Kier alpha value is -0.530. The number of halogens is 1. The summed E-state index contributed by atoms with van der Waals surface area (Å²) in [6.07, 6.45) is 2.45. The Morgan fingerprint density at radius 2 is 1.92 bits per heavy atom. The lowest BCUT2D eigenvalue weighted by Crippen LogP contribution is -2.32. The van der Waals surface area contributed by atoms with E-state index in [0.717, 1.165) is 12.4 Å². The third kappa shape index (κ3) is 2.23. The zero-order chi connectivity index (χ0) is 9.15. The average molecular weight is 196 g/mol. The molecule has 0 radical (unpaired) electrons. The van der Waals surface area contributed by atoms with Gasteiger partial charge in [0, 0.05) is 18.0 Å². The quantitative estimate of drug-likeness (QED) is 0.729. The van der Waals surface area contributed by atoms with Gasteiger partial charge in [0.1, 0.15) is 0 Å². The van der Waals surface area contributed by atoms with E-state index in [1.54, 1.807) is 0 Å². The monoisotopic (exact) mass is 195 g/mol. The van der Waals surface area contributed by atoms with Gasteiger partial charge in [0.15, 0.2) is 0 Å². The molecule has 1 fully saturated rings. The van der Waals surface area contributed by atoms with Crippen molar-refractivity contribution in [1.29, 1.82) is 0 Å². The van der Waals surface area contributed by atoms with Crippen LogP contribution in [0.1, 0.15) is 18.4 Å². The minimum absolute atomic E-state index is 0.261. The Labute approximate surface area is 84.1 Å². The van der Waals surface area contributed by atoms with Crippen molar-refractivity contribution in [2.45, 2.75) is 24.9 Å². The maximum Gasteiger partial charge on any atom is 0.0406 e. The standard InChI is InChI=1S/C11H14ClN/c12-9-11(6-7-11)13-8-10-4-2-1-3-5-10/h1-5,13H,6-9H2. The van der Waals surface area contributed by atoms with Crippen LogP contribution in [0.2, 0.25) is 0 Å². The molecule has 0 bridgehead atoms. The molecule has 0 heterocycles. The molecule has 70 valence electrons. The summed E-state index contributed by atoms with van der Waals surface area (Å²) in [5.41, 5.74) is 1.59. The third-order valence-corrected chi connectivity index (χ3v) is 3.13. The fraction of sp³-hybridized carbons (Fsp3) is 0.455. The molecule has 2 rings (SSSR count). The summed E-state index contributed by atoms with van der Waals surface area (Å²) in [6, 6.07) is 10.4. The lowest BCUT2D eigenvalue weighted by atomic mass is 10.2. The van der Waals surface area contributed by atoms with Crippen LogP contribution in [0.4, 0.5) is 0 Å². The first-order chi connectivity index (χ1) is 6.35.